The highest BCUT2D eigenvalue weighted by Crippen LogP contribution is 2.30. The van der Waals surface area contributed by atoms with Gasteiger partial charge in [-0.3, -0.25) is 0 Å². The highest BCUT2D eigenvalue weighted by Gasteiger charge is 2.19. The third kappa shape index (κ3) is 1.51. The monoisotopic (exact) mass is 203 g/mol. The van der Waals surface area contributed by atoms with Crippen LogP contribution in [0.4, 0.5) is 0 Å². The molecule has 4 nitrogen and oxygen atoms in total. The molecule has 78 valence electrons. The zero-order valence-corrected chi connectivity index (χ0v) is 8.44. The van der Waals surface area contributed by atoms with Crippen LogP contribution >= 0.6 is 0 Å². The largest absolute Gasteiger partial charge is 0.381 e. The molecule has 3 heterocycles. The summed E-state index contributed by atoms with van der Waals surface area (Å²) in [5.74, 6) is 0.586. The predicted octanol–water partition coefficient (Wildman–Crippen LogP) is 1.85. The van der Waals surface area contributed by atoms with Gasteiger partial charge in [0.15, 0.2) is 0 Å². The first-order valence-electron chi connectivity index (χ1n) is 5.30. The van der Waals surface area contributed by atoms with E-state index in [0.717, 1.165) is 37.1 Å². The first-order chi connectivity index (χ1) is 7.45. The summed E-state index contributed by atoms with van der Waals surface area (Å²) in [5.41, 5.74) is 3.41. The second kappa shape index (κ2) is 3.62. The number of nitrogens with zero attached hydrogens (tertiary/aromatic N) is 2. The molecule has 0 amide bonds. The fourth-order valence-electron chi connectivity index (χ4n) is 2.21. The summed E-state index contributed by atoms with van der Waals surface area (Å²) in [4.78, 5) is 11.6. The molecule has 15 heavy (non-hydrogen) atoms. The summed E-state index contributed by atoms with van der Waals surface area (Å²) >= 11 is 0. The fourth-order valence-corrected chi connectivity index (χ4v) is 2.21. The SMILES string of the molecule is c1ncc2[nH]cc(C3CCOCC3)c2n1. The van der Waals surface area contributed by atoms with Gasteiger partial charge in [-0.05, 0) is 24.3 Å². The molecule has 0 bridgehead atoms. The van der Waals surface area contributed by atoms with Gasteiger partial charge in [0.25, 0.3) is 0 Å². The van der Waals surface area contributed by atoms with E-state index in [4.69, 9.17) is 4.74 Å². The average Bonchev–Trinajstić information content (AvgIpc) is 2.74. The minimum Gasteiger partial charge on any atom is -0.381 e. The van der Waals surface area contributed by atoms with Crippen molar-refractivity contribution in [1.29, 1.82) is 0 Å². The molecule has 0 atom stereocenters. The second-order valence-corrected chi connectivity index (χ2v) is 3.92. The van der Waals surface area contributed by atoms with Gasteiger partial charge in [0.2, 0.25) is 0 Å². The van der Waals surface area contributed by atoms with Crippen LogP contribution in [0.25, 0.3) is 11.0 Å². The van der Waals surface area contributed by atoms with Crippen molar-refractivity contribution in [2.75, 3.05) is 13.2 Å². The molecule has 3 rings (SSSR count). The van der Waals surface area contributed by atoms with E-state index in [1.165, 1.54) is 5.56 Å². The maximum atomic E-state index is 5.37. The van der Waals surface area contributed by atoms with Crippen LogP contribution in [0.1, 0.15) is 24.3 Å². The zero-order chi connectivity index (χ0) is 10.1. The highest BCUT2D eigenvalue weighted by molar-refractivity contribution is 5.78. The lowest BCUT2D eigenvalue weighted by Crippen LogP contribution is -2.13. The van der Waals surface area contributed by atoms with Crippen molar-refractivity contribution in [2.45, 2.75) is 18.8 Å². The van der Waals surface area contributed by atoms with Crippen LogP contribution < -0.4 is 0 Å². The van der Waals surface area contributed by atoms with E-state index in [1.807, 2.05) is 6.20 Å². The Hall–Kier alpha value is -1.42. The third-order valence-corrected chi connectivity index (χ3v) is 3.03. The lowest BCUT2D eigenvalue weighted by Gasteiger charge is -2.21. The molecular formula is C11H13N3O. The molecule has 0 saturated carbocycles. The third-order valence-electron chi connectivity index (χ3n) is 3.03. The quantitative estimate of drug-likeness (QED) is 0.769. The Morgan fingerprint density at radius 2 is 2.20 bits per heavy atom. The van der Waals surface area contributed by atoms with Gasteiger partial charge in [-0.1, -0.05) is 0 Å². The Morgan fingerprint density at radius 3 is 3.07 bits per heavy atom. The summed E-state index contributed by atoms with van der Waals surface area (Å²) < 4.78 is 5.37. The molecule has 0 spiro atoms. The Bertz CT molecular complexity index is 460. The van der Waals surface area contributed by atoms with Crippen molar-refractivity contribution in [3.05, 3.63) is 24.3 Å². The van der Waals surface area contributed by atoms with Crippen molar-refractivity contribution < 1.29 is 4.74 Å². The van der Waals surface area contributed by atoms with E-state index >= 15 is 0 Å². The maximum absolute atomic E-state index is 5.37. The first-order valence-corrected chi connectivity index (χ1v) is 5.30. The van der Waals surface area contributed by atoms with Crippen LogP contribution in [0.2, 0.25) is 0 Å². The zero-order valence-electron chi connectivity index (χ0n) is 8.44. The topological polar surface area (TPSA) is 50.8 Å². The Balaban J connectivity index is 2.02. The van der Waals surface area contributed by atoms with Crippen LogP contribution in [0, 0.1) is 0 Å². The van der Waals surface area contributed by atoms with Crippen molar-refractivity contribution in [3.63, 3.8) is 0 Å². The van der Waals surface area contributed by atoms with E-state index in [1.54, 1.807) is 6.33 Å². The molecule has 0 radical (unpaired) electrons. The lowest BCUT2D eigenvalue weighted by atomic mass is 9.93. The fraction of sp³-hybridized carbons (Fsp3) is 0.455. The van der Waals surface area contributed by atoms with Crippen molar-refractivity contribution in [1.82, 2.24) is 15.0 Å². The number of fused-ring (bicyclic) bond motifs is 1. The number of hydrogen-bond acceptors (Lipinski definition) is 3. The molecule has 0 unspecified atom stereocenters. The van der Waals surface area contributed by atoms with Gasteiger partial charge < -0.3 is 9.72 Å². The molecule has 1 N–H and O–H groups in total. The molecule has 0 aliphatic carbocycles. The predicted molar refractivity (Wildman–Crippen MR) is 56.7 cm³/mol. The van der Waals surface area contributed by atoms with Crippen molar-refractivity contribution in [2.24, 2.45) is 0 Å². The van der Waals surface area contributed by atoms with E-state index in [0.29, 0.717) is 5.92 Å². The Labute approximate surface area is 87.7 Å². The minimum atomic E-state index is 0.586. The van der Waals surface area contributed by atoms with Crippen LogP contribution in [-0.4, -0.2) is 28.2 Å². The number of hydrogen-bond donors (Lipinski definition) is 1. The van der Waals surface area contributed by atoms with Gasteiger partial charge in [-0.25, -0.2) is 9.97 Å². The standard InChI is InChI=1S/C11H13N3O/c1-3-15-4-2-8(1)9-5-13-10-6-12-7-14-11(9)10/h5-8,13H,1-4H2. The van der Waals surface area contributed by atoms with Gasteiger partial charge in [0.1, 0.15) is 6.33 Å². The lowest BCUT2D eigenvalue weighted by molar-refractivity contribution is 0.0856. The van der Waals surface area contributed by atoms with E-state index in [9.17, 15) is 0 Å². The summed E-state index contributed by atoms with van der Waals surface area (Å²) in [7, 11) is 0. The molecule has 1 saturated heterocycles. The van der Waals surface area contributed by atoms with Crippen LogP contribution in [0.3, 0.4) is 0 Å². The van der Waals surface area contributed by atoms with Crippen LogP contribution in [0.5, 0.6) is 0 Å². The summed E-state index contributed by atoms with van der Waals surface area (Å²) in [6, 6.07) is 0. The smallest absolute Gasteiger partial charge is 0.116 e. The number of aromatic amines is 1. The second-order valence-electron chi connectivity index (χ2n) is 3.92. The van der Waals surface area contributed by atoms with Gasteiger partial charge in [0, 0.05) is 19.4 Å². The summed E-state index contributed by atoms with van der Waals surface area (Å²) in [5, 5.41) is 0. The normalized spacial score (nSPS) is 18.4. The average molecular weight is 203 g/mol. The number of nitrogens with one attached hydrogen (secondary N) is 1. The molecule has 1 fully saturated rings. The van der Waals surface area contributed by atoms with E-state index < -0.39 is 0 Å². The van der Waals surface area contributed by atoms with E-state index in [-0.39, 0.29) is 0 Å². The van der Waals surface area contributed by atoms with Crippen LogP contribution in [-0.2, 0) is 4.74 Å². The molecule has 1 aliphatic heterocycles. The van der Waals surface area contributed by atoms with E-state index in [2.05, 4.69) is 21.1 Å². The van der Waals surface area contributed by atoms with Crippen molar-refractivity contribution >= 4 is 11.0 Å². The minimum absolute atomic E-state index is 0.586. The number of H-pyrrole nitrogens is 1. The molecule has 0 aromatic carbocycles. The number of rotatable bonds is 1. The molecular weight excluding hydrogens is 190 g/mol. The summed E-state index contributed by atoms with van der Waals surface area (Å²) in [6.07, 6.45) is 7.69. The van der Waals surface area contributed by atoms with Gasteiger partial charge in [0.05, 0.1) is 17.2 Å². The van der Waals surface area contributed by atoms with Crippen LogP contribution in [0.15, 0.2) is 18.7 Å². The van der Waals surface area contributed by atoms with Gasteiger partial charge >= 0.3 is 0 Å². The Morgan fingerprint density at radius 1 is 1.33 bits per heavy atom. The number of aromatic nitrogens is 3. The molecule has 2 aromatic rings. The Kier molecular flexibility index (Phi) is 2.14. The highest BCUT2D eigenvalue weighted by atomic mass is 16.5. The first kappa shape index (κ1) is 8.85. The summed E-state index contributed by atoms with van der Waals surface area (Å²) in [6.45, 7) is 1.73. The maximum Gasteiger partial charge on any atom is 0.116 e. The van der Waals surface area contributed by atoms with Gasteiger partial charge in [-0.15, -0.1) is 0 Å². The number of ether oxygens (including phenoxy) is 1. The molecule has 4 heteroatoms. The molecule has 1 aliphatic rings. The van der Waals surface area contributed by atoms with Gasteiger partial charge in [-0.2, -0.15) is 0 Å². The molecule has 2 aromatic heterocycles. The van der Waals surface area contributed by atoms with Crippen molar-refractivity contribution in [3.8, 4) is 0 Å².